The SMILES string of the molecule is CNCC=Cc1ccc(C)cc1C(=O)O. The molecule has 1 rings (SSSR count). The van der Waals surface area contributed by atoms with Gasteiger partial charge in [-0.25, -0.2) is 4.79 Å². The topological polar surface area (TPSA) is 49.3 Å². The van der Waals surface area contributed by atoms with Crippen molar-refractivity contribution in [2.75, 3.05) is 13.6 Å². The van der Waals surface area contributed by atoms with E-state index in [1.54, 1.807) is 6.07 Å². The second kappa shape index (κ2) is 5.32. The van der Waals surface area contributed by atoms with Gasteiger partial charge in [-0.15, -0.1) is 0 Å². The molecule has 1 aromatic rings. The first-order valence-electron chi connectivity index (χ1n) is 4.80. The van der Waals surface area contributed by atoms with Crippen molar-refractivity contribution in [3.63, 3.8) is 0 Å². The molecule has 0 spiro atoms. The summed E-state index contributed by atoms with van der Waals surface area (Å²) in [5.74, 6) is -0.886. The zero-order valence-electron chi connectivity index (χ0n) is 8.95. The summed E-state index contributed by atoms with van der Waals surface area (Å²) < 4.78 is 0. The molecule has 0 bridgehead atoms. The van der Waals surface area contributed by atoms with Crippen LogP contribution in [0.1, 0.15) is 21.5 Å². The van der Waals surface area contributed by atoms with Gasteiger partial charge in [0, 0.05) is 6.54 Å². The Morgan fingerprint density at radius 2 is 2.27 bits per heavy atom. The molecule has 80 valence electrons. The van der Waals surface area contributed by atoms with E-state index in [4.69, 9.17) is 5.11 Å². The second-order valence-electron chi connectivity index (χ2n) is 3.36. The number of carboxylic acids is 1. The maximum absolute atomic E-state index is 11.0. The molecule has 15 heavy (non-hydrogen) atoms. The Hall–Kier alpha value is -1.61. The van der Waals surface area contributed by atoms with Gasteiger partial charge in [0.05, 0.1) is 5.56 Å². The maximum atomic E-state index is 11.0. The van der Waals surface area contributed by atoms with Crippen LogP contribution in [0, 0.1) is 6.92 Å². The fraction of sp³-hybridized carbons (Fsp3) is 0.250. The molecule has 0 atom stereocenters. The van der Waals surface area contributed by atoms with Crippen LogP contribution in [0.15, 0.2) is 24.3 Å². The molecule has 3 nitrogen and oxygen atoms in total. The molecule has 0 aromatic heterocycles. The highest BCUT2D eigenvalue weighted by atomic mass is 16.4. The van der Waals surface area contributed by atoms with Gasteiger partial charge in [-0.3, -0.25) is 0 Å². The minimum Gasteiger partial charge on any atom is -0.478 e. The Morgan fingerprint density at radius 1 is 1.53 bits per heavy atom. The minimum atomic E-state index is -0.886. The first-order valence-corrected chi connectivity index (χ1v) is 4.80. The van der Waals surface area contributed by atoms with Gasteiger partial charge >= 0.3 is 5.97 Å². The summed E-state index contributed by atoms with van der Waals surface area (Å²) in [6.07, 6.45) is 3.72. The van der Waals surface area contributed by atoms with Gasteiger partial charge in [0.2, 0.25) is 0 Å². The van der Waals surface area contributed by atoms with E-state index < -0.39 is 5.97 Å². The number of aryl methyl sites for hydroxylation is 1. The van der Waals surface area contributed by atoms with Crippen LogP contribution < -0.4 is 5.32 Å². The number of aromatic carboxylic acids is 1. The monoisotopic (exact) mass is 205 g/mol. The predicted molar refractivity (Wildman–Crippen MR) is 61.1 cm³/mol. The molecule has 0 aliphatic heterocycles. The van der Waals surface area contributed by atoms with Crippen LogP contribution in [0.2, 0.25) is 0 Å². The quantitative estimate of drug-likeness (QED) is 0.789. The lowest BCUT2D eigenvalue weighted by Gasteiger charge is -2.02. The van der Waals surface area contributed by atoms with Crippen molar-refractivity contribution < 1.29 is 9.90 Å². The number of rotatable bonds is 4. The molecule has 0 aliphatic carbocycles. The zero-order chi connectivity index (χ0) is 11.3. The first-order chi connectivity index (χ1) is 7.15. The summed E-state index contributed by atoms with van der Waals surface area (Å²) in [4.78, 5) is 11.0. The molecule has 0 radical (unpaired) electrons. The second-order valence-corrected chi connectivity index (χ2v) is 3.36. The Bertz CT molecular complexity index is 383. The number of likely N-dealkylation sites (N-methyl/N-ethyl adjacent to an activating group) is 1. The van der Waals surface area contributed by atoms with Crippen LogP contribution in [0.25, 0.3) is 6.08 Å². The van der Waals surface area contributed by atoms with E-state index in [1.165, 1.54) is 0 Å². The van der Waals surface area contributed by atoms with E-state index in [0.717, 1.165) is 17.7 Å². The van der Waals surface area contributed by atoms with Gasteiger partial charge < -0.3 is 10.4 Å². The summed E-state index contributed by atoms with van der Waals surface area (Å²) >= 11 is 0. The minimum absolute atomic E-state index is 0.349. The highest BCUT2D eigenvalue weighted by Gasteiger charge is 2.07. The smallest absolute Gasteiger partial charge is 0.336 e. The molecule has 0 amide bonds. The van der Waals surface area contributed by atoms with Crippen LogP contribution in [0.4, 0.5) is 0 Å². The lowest BCUT2D eigenvalue weighted by Crippen LogP contribution is -2.04. The molecule has 0 fully saturated rings. The third-order valence-electron chi connectivity index (χ3n) is 2.06. The third-order valence-corrected chi connectivity index (χ3v) is 2.06. The molecule has 0 saturated heterocycles. The molecular formula is C12H15NO2. The maximum Gasteiger partial charge on any atom is 0.336 e. The van der Waals surface area contributed by atoms with Crippen molar-refractivity contribution >= 4 is 12.0 Å². The van der Waals surface area contributed by atoms with E-state index in [1.807, 2.05) is 38.3 Å². The predicted octanol–water partition coefficient (Wildman–Crippen LogP) is 1.93. The molecule has 0 heterocycles. The van der Waals surface area contributed by atoms with Crippen molar-refractivity contribution in [2.24, 2.45) is 0 Å². The van der Waals surface area contributed by atoms with E-state index in [0.29, 0.717) is 5.56 Å². The Morgan fingerprint density at radius 3 is 2.87 bits per heavy atom. The van der Waals surface area contributed by atoms with Gasteiger partial charge in [0.15, 0.2) is 0 Å². The van der Waals surface area contributed by atoms with Crippen molar-refractivity contribution in [1.82, 2.24) is 5.32 Å². The van der Waals surface area contributed by atoms with Crippen molar-refractivity contribution in [3.8, 4) is 0 Å². The number of carbonyl (C=O) groups is 1. The highest BCUT2D eigenvalue weighted by molar-refractivity contribution is 5.92. The third kappa shape index (κ3) is 3.22. The number of carboxylic acid groups (broad SMARTS) is 1. The van der Waals surface area contributed by atoms with Gasteiger partial charge in [0.25, 0.3) is 0 Å². The van der Waals surface area contributed by atoms with Gasteiger partial charge in [-0.1, -0.05) is 29.8 Å². The lowest BCUT2D eigenvalue weighted by molar-refractivity contribution is 0.0696. The summed E-state index contributed by atoms with van der Waals surface area (Å²) in [5.41, 5.74) is 2.05. The Kier molecular flexibility index (Phi) is 4.06. The fourth-order valence-corrected chi connectivity index (χ4v) is 1.30. The van der Waals surface area contributed by atoms with Crippen LogP contribution in [0.5, 0.6) is 0 Å². The standard InChI is InChI=1S/C12H15NO2/c1-9-5-6-10(4-3-7-13-2)11(8-9)12(14)15/h3-6,8,13H,7H2,1-2H3,(H,14,15). The molecule has 1 aromatic carbocycles. The average Bonchev–Trinajstić information content (AvgIpc) is 2.20. The fourth-order valence-electron chi connectivity index (χ4n) is 1.30. The van der Waals surface area contributed by atoms with Crippen LogP contribution >= 0.6 is 0 Å². The van der Waals surface area contributed by atoms with Gasteiger partial charge in [0.1, 0.15) is 0 Å². The molecule has 0 aliphatic rings. The first kappa shape index (κ1) is 11.5. The summed E-state index contributed by atoms with van der Waals surface area (Å²) in [5, 5.41) is 12.0. The molecule has 0 unspecified atom stereocenters. The van der Waals surface area contributed by atoms with E-state index in [9.17, 15) is 4.79 Å². The molecule has 0 saturated carbocycles. The zero-order valence-corrected chi connectivity index (χ0v) is 8.95. The summed E-state index contributed by atoms with van der Waals surface area (Å²) in [7, 11) is 1.84. The average molecular weight is 205 g/mol. The van der Waals surface area contributed by atoms with Crippen molar-refractivity contribution in [3.05, 3.63) is 41.0 Å². The van der Waals surface area contributed by atoms with E-state index in [2.05, 4.69) is 5.32 Å². The normalized spacial score (nSPS) is 10.8. The highest BCUT2D eigenvalue weighted by Crippen LogP contribution is 2.13. The summed E-state index contributed by atoms with van der Waals surface area (Å²) in [6, 6.07) is 5.41. The van der Waals surface area contributed by atoms with Crippen LogP contribution in [0.3, 0.4) is 0 Å². The Balaban J connectivity index is 3.01. The van der Waals surface area contributed by atoms with Gasteiger partial charge in [-0.2, -0.15) is 0 Å². The molecule has 2 N–H and O–H groups in total. The number of hydrogen-bond acceptors (Lipinski definition) is 2. The summed E-state index contributed by atoms with van der Waals surface area (Å²) in [6.45, 7) is 2.61. The van der Waals surface area contributed by atoms with Gasteiger partial charge in [-0.05, 0) is 25.6 Å². The van der Waals surface area contributed by atoms with E-state index in [-0.39, 0.29) is 0 Å². The van der Waals surface area contributed by atoms with Crippen molar-refractivity contribution in [1.29, 1.82) is 0 Å². The molecular weight excluding hydrogens is 190 g/mol. The van der Waals surface area contributed by atoms with Crippen molar-refractivity contribution in [2.45, 2.75) is 6.92 Å². The number of nitrogens with one attached hydrogen (secondary N) is 1. The van der Waals surface area contributed by atoms with Crippen LogP contribution in [-0.2, 0) is 0 Å². The largest absolute Gasteiger partial charge is 0.478 e. The molecule has 3 heteroatoms. The van der Waals surface area contributed by atoms with E-state index >= 15 is 0 Å². The number of hydrogen-bond donors (Lipinski definition) is 2. The number of benzene rings is 1. The van der Waals surface area contributed by atoms with Crippen LogP contribution in [-0.4, -0.2) is 24.7 Å². The lowest BCUT2D eigenvalue weighted by atomic mass is 10.0. The Labute approximate surface area is 89.4 Å².